The molecular formula is C16H18Cl2N6O. The molecule has 0 aliphatic carbocycles. The van der Waals surface area contributed by atoms with Crippen LogP contribution in [-0.2, 0) is 13.6 Å². The number of nitriles is 1. The fraction of sp³-hybridized carbons (Fsp3) is 0.438. The van der Waals surface area contributed by atoms with Crippen LogP contribution in [-0.4, -0.2) is 33.2 Å². The summed E-state index contributed by atoms with van der Waals surface area (Å²) in [7, 11) is 1.62. The lowest BCUT2D eigenvalue weighted by Crippen LogP contribution is -2.44. The van der Waals surface area contributed by atoms with Gasteiger partial charge in [0.05, 0.1) is 6.33 Å². The van der Waals surface area contributed by atoms with E-state index in [1.165, 1.54) is 10.9 Å². The van der Waals surface area contributed by atoms with E-state index in [0.29, 0.717) is 29.0 Å². The molecule has 0 aromatic carbocycles. The van der Waals surface area contributed by atoms with E-state index in [1.807, 2.05) is 4.90 Å². The zero-order valence-corrected chi connectivity index (χ0v) is 15.3. The lowest BCUT2D eigenvalue weighted by Gasteiger charge is -2.33. The second kappa shape index (κ2) is 7.08. The third-order valence-corrected chi connectivity index (χ3v) is 4.70. The van der Waals surface area contributed by atoms with Crippen LogP contribution >= 0.6 is 23.2 Å². The van der Waals surface area contributed by atoms with Gasteiger partial charge in [-0.3, -0.25) is 4.79 Å². The molecule has 1 aliphatic heterocycles. The van der Waals surface area contributed by atoms with Gasteiger partial charge in [-0.15, -0.1) is 0 Å². The molecule has 1 aliphatic rings. The summed E-state index contributed by atoms with van der Waals surface area (Å²) < 4.78 is 3.24. The van der Waals surface area contributed by atoms with Crippen molar-refractivity contribution in [1.29, 1.82) is 5.26 Å². The highest BCUT2D eigenvalue weighted by atomic mass is 35.5. The highest BCUT2D eigenvalue weighted by Crippen LogP contribution is 2.31. The van der Waals surface area contributed by atoms with Crippen LogP contribution in [0.15, 0.2) is 21.7 Å². The maximum Gasteiger partial charge on any atom is 0.277 e. The molecule has 7 nitrogen and oxygen atoms in total. The molecule has 0 saturated carbocycles. The lowest BCUT2D eigenvalue weighted by molar-refractivity contribution is 0.499. The standard InChI is InChI=1S/C16H18Cl2N6O/c1-22-9-21-13-11(7-19)15(23-5-2-3-10(20)8-23)24(6-4-12(17)18)14(13)16(22)25/h4,9-10H,2-3,5-6,8,20H2,1H3/t10-/m0/s1. The van der Waals surface area contributed by atoms with Crippen molar-refractivity contribution in [2.24, 2.45) is 12.8 Å². The van der Waals surface area contributed by atoms with Crippen LogP contribution in [0.5, 0.6) is 0 Å². The molecule has 0 radical (unpaired) electrons. The van der Waals surface area contributed by atoms with Gasteiger partial charge in [0.2, 0.25) is 0 Å². The fourth-order valence-electron chi connectivity index (χ4n) is 3.27. The molecule has 25 heavy (non-hydrogen) atoms. The summed E-state index contributed by atoms with van der Waals surface area (Å²) in [6, 6.07) is 2.23. The summed E-state index contributed by atoms with van der Waals surface area (Å²) in [5, 5.41) is 9.73. The van der Waals surface area contributed by atoms with Crippen LogP contribution in [0.3, 0.4) is 0 Å². The zero-order chi connectivity index (χ0) is 18.1. The summed E-state index contributed by atoms with van der Waals surface area (Å²) in [6.07, 6.45) is 4.87. The van der Waals surface area contributed by atoms with Crippen molar-refractivity contribution in [3.05, 3.63) is 32.8 Å². The van der Waals surface area contributed by atoms with Crippen LogP contribution < -0.4 is 16.2 Å². The molecule has 1 saturated heterocycles. The number of piperidine rings is 1. The van der Waals surface area contributed by atoms with E-state index in [4.69, 9.17) is 28.9 Å². The number of hydrogen-bond acceptors (Lipinski definition) is 5. The minimum absolute atomic E-state index is 0.0229. The summed E-state index contributed by atoms with van der Waals surface area (Å²) in [4.78, 5) is 19.0. The van der Waals surface area contributed by atoms with Crippen LogP contribution in [0.1, 0.15) is 18.4 Å². The van der Waals surface area contributed by atoms with Crippen LogP contribution in [0, 0.1) is 11.3 Å². The number of fused-ring (bicyclic) bond motifs is 1. The molecule has 1 fully saturated rings. The first-order valence-electron chi connectivity index (χ1n) is 7.93. The maximum atomic E-state index is 12.7. The number of nitrogens with two attached hydrogens (primary N) is 1. The Kier molecular flexibility index (Phi) is 5.04. The third-order valence-electron chi connectivity index (χ3n) is 4.39. The Bertz CT molecular complexity index is 935. The minimum Gasteiger partial charge on any atom is -0.355 e. The molecule has 132 valence electrons. The van der Waals surface area contributed by atoms with Crippen molar-refractivity contribution in [2.75, 3.05) is 18.0 Å². The predicted octanol–water partition coefficient (Wildman–Crippen LogP) is 1.85. The van der Waals surface area contributed by atoms with Gasteiger partial charge in [-0.25, -0.2) is 4.98 Å². The molecule has 2 aromatic heterocycles. The molecule has 9 heteroatoms. The Labute approximate surface area is 154 Å². The number of hydrogen-bond donors (Lipinski definition) is 1. The molecule has 0 bridgehead atoms. The molecule has 0 spiro atoms. The molecule has 0 unspecified atom stereocenters. The van der Waals surface area contributed by atoms with E-state index in [-0.39, 0.29) is 22.6 Å². The number of aromatic nitrogens is 3. The molecule has 3 heterocycles. The number of anilines is 1. The number of allylic oxidation sites excluding steroid dienone is 1. The van der Waals surface area contributed by atoms with Crippen molar-refractivity contribution in [3.63, 3.8) is 0 Å². The van der Waals surface area contributed by atoms with Crippen molar-refractivity contribution in [3.8, 4) is 6.07 Å². The Morgan fingerprint density at radius 2 is 2.32 bits per heavy atom. The second-order valence-electron chi connectivity index (χ2n) is 6.12. The topological polar surface area (TPSA) is 92.9 Å². The maximum absolute atomic E-state index is 12.7. The van der Waals surface area contributed by atoms with Crippen molar-refractivity contribution >= 4 is 40.1 Å². The van der Waals surface area contributed by atoms with Gasteiger partial charge in [0.1, 0.15) is 33.0 Å². The second-order valence-corrected chi connectivity index (χ2v) is 7.13. The number of rotatable bonds is 3. The zero-order valence-electron chi connectivity index (χ0n) is 13.7. The van der Waals surface area contributed by atoms with E-state index in [0.717, 1.165) is 19.4 Å². The molecule has 2 aromatic rings. The SMILES string of the molecule is Cn1cnc2c(C#N)c(N3CCC[C@H](N)C3)n(CC=C(Cl)Cl)c2c1=O. The first-order valence-corrected chi connectivity index (χ1v) is 8.69. The van der Waals surface area contributed by atoms with Gasteiger partial charge in [0.15, 0.2) is 0 Å². The highest BCUT2D eigenvalue weighted by Gasteiger charge is 2.27. The van der Waals surface area contributed by atoms with Crippen LogP contribution in [0.2, 0.25) is 0 Å². The van der Waals surface area contributed by atoms with Crippen LogP contribution in [0.4, 0.5) is 5.82 Å². The summed E-state index contributed by atoms with van der Waals surface area (Å²) in [5.74, 6) is 0.647. The fourth-order valence-corrected chi connectivity index (χ4v) is 3.41. The van der Waals surface area contributed by atoms with E-state index in [2.05, 4.69) is 11.1 Å². The average molecular weight is 381 g/mol. The average Bonchev–Trinajstić information content (AvgIpc) is 2.90. The largest absolute Gasteiger partial charge is 0.355 e. The summed E-state index contributed by atoms with van der Waals surface area (Å²) >= 11 is 11.5. The van der Waals surface area contributed by atoms with E-state index in [1.54, 1.807) is 17.7 Å². The first kappa shape index (κ1) is 17.8. The third kappa shape index (κ3) is 3.25. The molecule has 0 amide bonds. The molecule has 3 rings (SSSR count). The van der Waals surface area contributed by atoms with Gasteiger partial charge in [0.25, 0.3) is 5.56 Å². The number of nitrogens with zero attached hydrogens (tertiary/aromatic N) is 5. The van der Waals surface area contributed by atoms with Gasteiger partial charge in [-0.1, -0.05) is 23.2 Å². The molecule has 1 atom stereocenters. The van der Waals surface area contributed by atoms with Gasteiger partial charge < -0.3 is 19.8 Å². The Morgan fingerprint density at radius 3 is 2.96 bits per heavy atom. The summed E-state index contributed by atoms with van der Waals surface area (Å²) in [6.45, 7) is 1.64. The number of halogens is 2. The lowest BCUT2D eigenvalue weighted by atomic mass is 10.1. The van der Waals surface area contributed by atoms with Gasteiger partial charge in [-0.05, 0) is 18.9 Å². The van der Waals surface area contributed by atoms with E-state index < -0.39 is 0 Å². The Balaban J connectivity index is 2.31. The highest BCUT2D eigenvalue weighted by molar-refractivity contribution is 6.55. The predicted molar refractivity (Wildman–Crippen MR) is 98.9 cm³/mol. The van der Waals surface area contributed by atoms with Crippen molar-refractivity contribution in [2.45, 2.75) is 25.4 Å². The smallest absolute Gasteiger partial charge is 0.277 e. The Morgan fingerprint density at radius 1 is 1.56 bits per heavy atom. The normalized spacial score (nSPS) is 17.6. The van der Waals surface area contributed by atoms with Crippen LogP contribution in [0.25, 0.3) is 11.0 Å². The van der Waals surface area contributed by atoms with Gasteiger partial charge in [-0.2, -0.15) is 5.26 Å². The Hall–Kier alpha value is -2.01. The monoisotopic (exact) mass is 380 g/mol. The van der Waals surface area contributed by atoms with Crippen molar-refractivity contribution < 1.29 is 0 Å². The van der Waals surface area contributed by atoms with E-state index in [9.17, 15) is 10.1 Å². The van der Waals surface area contributed by atoms with Gasteiger partial charge in [0, 0.05) is 32.7 Å². The summed E-state index contributed by atoms with van der Waals surface area (Å²) in [5.41, 5.74) is 7.00. The molecular weight excluding hydrogens is 363 g/mol. The quantitative estimate of drug-likeness (QED) is 0.876. The minimum atomic E-state index is -0.229. The number of aryl methyl sites for hydroxylation is 1. The first-order chi connectivity index (χ1) is 11.9. The van der Waals surface area contributed by atoms with Gasteiger partial charge >= 0.3 is 0 Å². The van der Waals surface area contributed by atoms with E-state index >= 15 is 0 Å². The molecule has 2 N–H and O–H groups in total. The van der Waals surface area contributed by atoms with Crippen molar-refractivity contribution in [1.82, 2.24) is 14.1 Å².